The largest absolute Gasteiger partial charge is 0.329 e. The molecule has 2 heterocycles. The molecule has 2 aliphatic carbocycles. The molecule has 0 saturated carbocycles. The normalized spacial score (nSPS) is 23.2. The summed E-state index contributed by atoms with van der Waals surface area (Å²) in [5.74, 6) is 6.48. The van der Waals surface area contributed by atoms with Crippen molar-refractivity contribution in [3.63, 3.8) is 0 Å². The van der Waals surface area contributed by atoms with E-state index < -0.39 is 6.04 Å². The van der Waals surface area contributed by atoms with Crippen LogP contribution in [0.15, 0.2) is 65.4 Å². The fourth-order valence-corrected chi connectivity index (χ4v) is 5.78. The number of hydrogen-bond donors (Lipinski definition) is 2. The summed E-state index contributed by atoms with van der Waals surface area (Å²) in [7, 11) is 2.11. The lowest BCUT2D eigenvalue weighted by Gasteiger charge is -2.39. The molecule has 4 aliphatic rings. The summed E-state index contributed by atoms with van der Waals surface area (Å²) in [5, 5.41) is 10.8. The molecule has 7 heteroatoms. The van der Waals surface area contributed by atoms with Gasteiger partial charge in [-0.15, -0.1) is 0 Å². The molecule has 1 aromatic carbocycles. The van der Waals surface area contributed by atoms with E-state index in [-0.39, 0.29) is 17.9 Å². The van der Waals surface area contributed by atoms with Gasteiger partial charge in [0, 0.05) is 56.1 Å². The van der Waals surface area contributed by atoms with Gasteiger partial charge in [-0.1, -0.05) is 48.2 Å². The van der Waals surface area contributed by atoms with E-state index in [4.69, 9.17) is 5.41 Å². The highest BCUT2D eigenvalue weighted by Crippen LogP contribution is 2.29. The van der Waals surface area contributed by atoms with Gasteiger partial charge in [0.05, 0.1) is 0 Å². The Morgan fingerprint density at radius 3 is 2.38 bits per heavy atom. The summed E-state index contributed by atoms with van der Waals surface area (Å²) in [6.45, 7) is 4.13. The fourth-order valence-electron chi connectivity index (χ4n) is 5.78. The number of likely N-dealkylation sites (N-methyl/N-ethyl adjacent to an activating group) is 1. The topological polar surface area (TPSA) is 79.7 Å². The molecule has 0 bridgehead atoms. The number of piperazine rings is 1. The quantitative estimate of drug-likeness (QED) is 0.573. The summed E-state index contributed by atoms with van der Waals surface area (Å²) in [4.78, 5) is 33.8. The smallest absolute Gasteiger partial charge is 0.246 e. The first-order valence-corrected chi connectivity index (χ1v) is 14.2. The van der Waals surface area contributed by atoms with Crippen LogP contribution in [0, 0.1) is 17.3 Å². The van der Waals surface area contributed by atoms with Gasteiger partial charge in [0.1, 0.15) is 12.1 Å². The molecule has 0 aromatic heterocycles. The van der Waals surface area contributed by atoms with Crippen LogP contribution in [0.5, 0.6) is 0 Å². The Bertz CT molecular complexity index is 1240. The third-order valence-electron chi connectivity index (χ3n) is 8.20. The number of benzene rings is 1. The Balaban J connectivity index is 1.25. The maximum atomic E-state index is 14.0. The highest BCUT2D eigenvalue weighted by molar-refractivity contribution is 5.91. The highest BCUT2D eigenvalue weighted by Gasteiger charge is 2.40. The van der Waals surface area contributed by atoms with Gasteiger partial charge in [-0.05, 0) is 68.9 Å². The molecule has 2 atom stereocenters. The van der Waals surface area contributed by atoms with Crippen molar-refractivity contribution in [1.29, 1.82) is 5.41 Å². The zero-order valence-corrected chi connectivity index (χ0v) is 22.9. The van der Waals surface area contributed by atoms with Crippen molar-refractivity contribution in [2.24, 2.45) is 0 Å². The zero-order valence-electron chi connectivity index (χ0n) is 22.9. The van der Waals surface area contributed by atoms with Crippen molar-refractivity contribution in [2.45, 2.75) is 57.0 Å². The Morgan fingerprint density at radius 2 is 1.69 bits per heavy atom. The van der Waals surface area contributed by atoms with E-state index in [1.54, 1.807) is 0 Å². The van der Waals surface area contributed by atoms with E-state index in [1.807, 2.05) is 47.4 Å². The molecule has 1 aromatic rings. The van der Waals surface area contributed by atoms with E-state index in [1.165, 1.54) is 0 Å². The summed E-state index contributed by atoms with van der Waals surface area (Å²) >= 11 is 0. The molecule has 0 radical (unpaired) electrons. The van der Waals surface area contributed by atoms with Crippen LogP contribution in [0.3, 0.4) is 0 Å². The van der Waals surface area contributed by atoms with E-state index >= 15 is 0 Å². The molecule has 7 nitrogen and oxygen atoms in total. The number of carbonyl (C=O) groups is 2. The van der Waals surface area contributed by atoms with Crippen molar-refractivity contribution in [2.75, 3.05) is 39.8 Å². The first-order valence-electron chi connectivity index (χ1n) is 14.2. The number of hydrogen-bond acceptors (Lipinski definition) is 5. The number of carbonyl (C=O) groups excluding carboxylic acids is 2. The Kier molecular flexibility index (Phi) is 8.75. The molecule has 2 fully saturated rings. The average Bonchev–Trinajstić information content (AvgIpc) is 3.46. The second-order valence-corrected chi connectivity index (χ2v) is 11.0. The van der Waals surface area contributed by atoms with Gasteiger partial charge in [-0.25, -0.2) is 0 Å². The molecule has 204 valence electrons. The molecule has 5 rings (SSSR count). The molecule has 2 aliphatic heterocycles. The summed E-state index contributed by atoms with van der Waals surface area (Å²) in [6, 6.07) is 9.20. The molecule has 2 unspecified atom stereocenters. The lowest BCUT2D eigenvalue weighted by atomic mass is 9.97. The van der Waals surface area contributed by atoms with Crippen LogP contribution in [0.25, 0.3) is 0 Å². The molecule has 2 amide bonds. The Labute approximate surface area is 232 Å². The van der Waals surface area contributed by atoms with Crippen molar-refractivity contribution in [1.82, 2.24) is 20.0 Å². The third-order valence-corrected chi connectivity index (χ3v) is 8.20. The minimum absolute atomic E-state index is 0.0330. The van der Waals surface area contributed by atoms with Crippen molar-refractivity contribution >= 4 is 17.5 Å². The summed E-state index contributed by atoms with van der Waals surface area (Å²) < 4.78 is 0. The first-order chi connectivity index (χ1) is 19.0. The monoisotopic (exact) mass is 525 g/mol. The predicted molar refractivity (Wildman–Crippen MR) is 154 cm³/mol. The van der Waals surface area contributed by atoms with Gasteiger partial charge in [0.2, 0.25) is 11.8 Å². The SMILES string of the molecule is CN1CCN(C(C(=O)N2CCCC2C(=O)NC2=CC=C(C#CC3=CCC(=N)CC3)CC2)c2ccccc2)CC1. The summed E-state index contributed by atoms with van der Waals surface area (Å²) in [5.41, 5.74) is 4.83. The number of nitrogens with zero attached hydrogens (tertiary/aromatic N) is 3. The fraction of sp³-hybridized carbons (Fsp3) is 0.469. The summed E-state index contributed by atoms with van der Waals surface area (Å²) in [6.07, 6.45) is 11.4. The van der Waals surface area contributed by atoms with Crippen molar-refractivity contribution in [3.05, 3.63) is 71.0 Å². The maximum Gasteiger partial charge on any atom is 0.246 e. The molecule has 0 spiro atoms. The molecular formula is C32H39N5O2. The van der Waals surface area contributed by atoms with Crippen LogP contribution in [0.1, 0.15) is 56.6 Å². The average molecular weight is 526 g/mol. The number of amides is 2. The maximum absolute atomic E-state index is 14.0. The number of rotatable bonds is 5. The lowest BCUT2D eigenvalue weighted by molar-refractivity contribution is -0.143. The van der Waals surface area contributed by atoms with Gasteiger partial charge in [0.15, 0.2) is 0 Å². The molecule has 2 N–H and O–H groups in total. The highest BCUT2D eigenvalue weighted by atomic mass is 16.2. The van der Waals surface area contributed by atoms with E-state index in [0.717, 1.165) is 86.4 Å². The third kappa shape index (κ3) is 6.76. The minimum atomic E-state index is -0.445. The Hall–Kier alpha value is -3.47. The molecular weight excluding hydrogens is 486 g/mol. The first kappa shape index (κ1) is 27.1. The number of likely N-dealkylation sites (tertiary alicyclic amines) is 1. The molecule has 39 heavy (non-hydrogen) atoms. The Morgan fingerprint density at radius 1 is 0.949 bits per heavy atom. The van der Waals surface area contributed by atoms with Gasteiger partial charge < -0.3 is 20.5 Å². The molecule has 2 saturated heterocycles. The van der Waals surface area contributed by atoms with Crippen LogP contribution in [-0.2, 0) is 9.59 Å². The second kappa shape index (κ2) is 12.6. The van der Waals surface area contributed by atoms with Crippen LogP contribution in [0.2, 0.25) is 0 Å². The zero-order chi connectivity index (χ0) is 27.2. The van der Waals surface area contributed by atoms with Crippen LogP contribution < -0.4 is 5.32 Å². The predicted octanol–water partition coefficient (Wildman–Crippen LogP) is 3.82. The number of nitrogens with one attached hydrogen (secondary N) is 2. The van der Waals surface area contributed by atoms with Gasteiger partial charge in [-0.3, -0.25) is 14.5 Å². The van der Waals surface area contributed by atoms with Gasteiger partial charge in [-0.2, -0.15) is 0 Å². The minimum Gasteiger partial charge on any atom is -0.329 e. The van der Waals surface area contributed by atoms with Crippen molar-refractivity contribution in [3.8, 4) is 11.8 Å². The lowest BCUT2D eigenvalue weighted by Crippen LogP contribution is -2.53. The number of allylic oxidation sites excluding steroid dienone is 6. The van der Waals surface area contributed by atoms with Crippen LogP contribution in [0.4, 0.5) is 0 Å². The van der Waals surface area contributed by atoms with E-state index in [2.05, 4.69) is 40.1 Å². The van der Waals surface area contributed by atoms with Gasteiger partial charge in [0.25, 0.3) is 0 Å². The van der Waals surface area contributed by atoms with Crippen molar-refractivity contribution < 1.29 is 9.59 Å². The van der Waals surface area contributed by atoms with Gasteiger partial charge >= 0.3 is 0 Å². The second-order valence-electron chi connectivity index (χ2n) is 11.0. The van der Waals surface area contributed by atoms with Crippen LogP contribution in [-0.4, -0.2) is 78.0 Å². The van der Waals surface area contributed by atoms with E-state index in [0.29, 0.717) is 19.4 Å². The standard InChI is InChI=1S/C32H39N5O2/c1-35-20-22-36(23-21-35)30(26-6-3-2-4-7-26)32(39)37-19-5-8-29(37)31(38)34-28-17-13-25(14-18-28)10-9-24-11-15-27(33)16-12-24/h2-4,6-7,11,13,17,29-30,33H,5,8,12,14-16,18-23H2,1H3,(H,34,38). The van der Waals surface area contributed by atoms with E-state index in [9.17, 15) is 9.59 Å². The van der Waals surface area contributed by atoms with Crippen LogP contribution >= 0.6 is 0 Å².